The Hall–Kier alpha value is -0.0500. The molecule has 0 bridgehead atoms. The molecular formula is C8H6I2O3. The average Bonchev–Trinajstić information content (AvgIpc) is 2.07. The number of hydrogen-bond acceptors (Lipinski definition) is 3. The van der Waals surface area contributed by atoms with Gasteiger partial charge < -0.3 is 10.2 Å². The zero-order valence-electron chi connectivity index (χ0n) is 6.64. The van der Waals surface area contributed by atoms with Crippen molar-refractivity contribution in [2.45, 2.75) is 6.92 Å². The highest BCUT2D eigenvalue weighted by Crippen LogP contribution is 2.35. The van der Waals surface area contributed by atoms with Crippen LogP contribution in [0.3, 0.4) is 0 Å². The molecule has 0 saturated carbocycles. The molecule has 0 radical (unpaired) electrons. The van der Waals surface area contributed by atoms with Gasteiger partial charge >= 0.3 is 0 Å². The lowest BCUT2D eigenvalue weighted by Gasteiger charge is -2.06. The number of carbonyl (C=O) groups is 1. The van der Waals surface area contributed by atoms with Crippen LogP contribution in [0.25, 0.3) is 0 Å². The fourth-order valence-electron chi connectivity index (χ4n) is 0.867. The molecule has 2 N–H and O–H groups in total. The van der Waals surface area contributed by atoms with E-state index in [2.05, 4.69) is 0 Å². The van der Waals surface area contributed by atoms with Crippen molar-refractivity contribution < 1.29 is 15.0 Å². The summed E-state index contributed by atoms with van der Waals surface area (Å²) in [6, 6.07) is 1.47. The summed E-state index contributed by atoms with van der Waals surface area (Å²) in [6.07, 6.45) is 0. The second-order valence-electron chi connectivity index (χ2n) is 2.47. The molecule has 13 heavy (non-hydrogen) atoms. The van der Waals surface area contributed by atoms with Gasteiger partial charge in [0.2, 0.25) is 0 Å². The molecular weight excluding hydrogens is 398 g/mol. The Balaban J connectivity index is 3.50. The number of halogens is 2. The zero-order valence-corrected chi connectivity index (χ0v) is 11.0. The predicted octanol–water partition coefficient (Wildman–Crippen LogP) is 2.51. The van der Waals surface area contributed by atoms with Gasteiger partial charge in [0.25, 0.3) is 0 Å². The molecule has 0 unspecified atom stereocenters. The van der Waals surface area contributed by atoms with Crippen molar-refractivity contribution in [1.29, 1.82) is 0 Å². The molecule has 1 rings (SSSR count). The third-order valence-electron chi connectivity index (χ3n) is 1.55. The minimum Gasteiger partial charge on any atom is -0.506 e. The number of hydrogen-bond donors (Lipinski definition) is 2. The molecule has 5 heteroatoms. The maximum Gasteiger partial charge on any atom is 0.163 e. The quantitative estimate of drug-likeness (QED) is 0.559. The summed E-state index contributed by atoms with van der Waals surface area (Å²) in [5.74, 6) is -0.344. The van der Waals surface area contributed by atoms with E-state index in [0.717, 1.165) is 0 Å². The molecule has 0 atom stereocenters. The van der Waals surface area contributed by atoms with Crippen LogP contribution in [0, 0.1) is 7.14 Å². The summed E-state index contributed by atoms with van der Waals surface area (Å²) < 4.78 is 0.875. The molecule has 1 aromatic carbocycles. The Bertz CT molecular complexity index is 374. The smallest absolute Gasteiger partial charge is 0.163 e. The second kappa shape index (κ2) is 3.99. The summed E-state index contributed by atoms with van der Waals surface area (Å²) in [7, 11) is 0. The number of carbonyl (C=O) groups excluding carboxylic acids is 1. The molecule has 3 nitrogen and oxygen atoms in total. The Labute approximate surface area is 102 Å². The minimum atomic E-state index is -0.215. The van der Waals surface area contributed by atoms with E-state index < -0.39 is 0 Å². The maximum absolute atomic E-state index is 11.0. The number of ketones is 1. The molecule has 0 saturated heterocycles. The largest absolute Gasteiger partial charge is 0.506 e. The van der Waals surface area contributed by atoms with Crippen LogP contribution in [0.2, 0.25) is 0 Å². The highest BCUT2D eigenvalue weighted by Gasteiger charge is 2.16. The fourth-order valence-corrected chi connectivity index (χ4v) is 2.55. The van der Waals surface area contributed by atoms with Gasteiger partial charge in [-0.05, 0) is 58.2 Å². The van der Waals surface area contributed by atoms with Crippen molar-refractivity contribution in [3.63, 3.8) is 0 Å². The molecule has 0 aliphatic rings. The van der Waals surface area contributed by atoms with Crippen LogP contribution in [-0.2, 0) is 0 Å². The predicted molar refractivity (Wildman–Crippen MR) is 65.2 cm³/mol. The Morgan fingerprint density at radius 1 is 1.31 bits per heavy atom. The Morgan fingerprint density at radius 3 is 2.31 bits per heavy atom. The first-order chi connectivity index (χ1) is 5.95. The van der Waals surface area contributed by atoms with Gasteiger partial charge in [-0.3, -0.25) is 4.79 Å². The number of Topliss-reactive ketones (excluding diaryl/α,β-unsaturated/α-hetero) is 1. The summed E-state index contributed by atoms with van der Waals surface area (Å²) in [5.41, 5.74) is 0.242. The normalized spacial score (nSPS) is 10.1. The highest BCUT2D eigenvalue weighted by atomic mass is 127. The van der Waals surface area contributed by atoms with Gasteiger partial charge in [-0.15, -0.1) is 0 Å². The SMILES string of the molecule is CC(=O)c1cc(I)c(O)c(I)c1O. The molecule has 0 amide bonds. The van der Waals surface area contributed by atoms with Crippen LogP contribution >= 0.6 is 45.2 Å². The number of benzene rings is 1. The number of aromatic hydroxyl groups is 2. The summed E-state index contributed by atoms with van der Waals surface area (Å²) >= 11 is 3.70. The van der Waals surface area contributed by atoms with Crippen molar-refractivity contribution in [1.82, 2.24) is 0 Å². The van der Waals surface area contributed by atoms with Gasteiger partial charge in [0.1, 0.15) is 11.5 Å². The van der Waals surface area contributed by atoms with Crippen LogP contribution in [0.5, 0.6) is 11.5 Å². The molecule has 0 aromatic heterocycles. The Kier molecular flexibility index (Phi) is 3.38. The molecule has 0 heterocycles. The lowest BCUT2D eigenvalue weighted by molar-refractivity contribution is 0.101. The van der Waals surface area contributed by atoms with E-state index in [1.165, 1.54) is 13.0 Å². The number of rotatable bonds is 1. The van der Waals surface area contributed by atoms with Crippen molar-refractivity contribution in [2.75, 3.05) is 0 Å². The van der Waals surface area contributed by atoms with Crippen LogP contribution in [0.15, 0.2) is 6.07 Å². The van der Waals surface area contributed by atoms with E-state index in [1.54, 1.807) is 22.6 Å². The fraction of sp³-hybridized carbons (Fsp3) is 0.125. The van der Waals surface area contributed by atoms with Gasteiger partial charge in [0, 0.05) is 0 Å². The third-order valence-corrected chi connectivity index (χ3v) is 3.39. The maximum atomic E-state index is 11.0. The number of phenols is 2. The van der Waals surface area contributed by atoms with Gasteiger partial charge in [-0.25, -0.2) is 0 Å². The topological polar surface area (TPSA) is 57.5 Å². The van der Waals surface area contributed by atoms with Crippen molar-refractivity contribution in [2.24, 2.45) is 0 Å². The van der Waals surface area contributed by atoms with E-state index in [1.807, 2.05) is 22.6 Å². The van der Waals surface area contributed by atoms with Crippen LogP contribution < -0.4 is 0 Å². The minimum absolute atomic E-state index is 0.0173. The monoisotopic (exact) mass is 404 g/mol. The van der Waals surface area contributed by atoms with Crippen molar-refractivity contribution in [3.05, 3.63) is 18.8 Å². The van der Waals surface area contributed by atoms with Crippen LogP contribution in [-0.4, -0.2) is 16.0 Å². The molecule has 70 valence electrons. The molecule has 1 aromatic rings. The van der Waals surface area contributed by atoms with Crippen molar-refractivity contribution in [3.8, 4) is 11.5 Å². The van der Waals surface area contributed by atoms with Crippen LogP contribution in [0.4, 0.5) is 0 Å². The second-order valence-corrected chi connectivity index (χ2v) is 4.71. The van der Waals surface area contributed by atoms with Crippen LogP contribution in [0.1, 0.15) is 17.3 Å². The van der Waals surface area contributed by atoms with E-state index in [-0.39, 0.29) is 22.8 Å². The first kappa shape index (κ1) is 11.0. The summed E-state index contributed by atoms with van der Waals surface area (Å²) in [6.45, 7) is 1.37. The average molecular weight is 404 g/mol. The number of phenolic OH excluding ortho intramolecular Hbond substituents is 2. The van der Waals surface area contributed by atoms with Gasteiger partial charge in [0.05, 0.1) is 12.7 Å². The zero-order chi connectivity index (χ0) is 10.2. The van der Waals surface area contributed by atoms with Crippen molar-refractivity contribution >= 4 is 51.0 Å². The van der Waals surface area contributed by atoms with Gasteiger partial charge in [0.15, 0.2) is 5.78 Å². The van der Waals surface area contributed by atoms with Gasteiger partial charge in [-0.1, -0.05) is 0 Å². The highest BCUT2D eigenvalue weighted by molar-refractivity contribution is 14.1. The van der Waals surface area contributed by atoms with E-state index in [0.29, 0.717) is 7.14 Å². The lowest BCUT2D eigenvalue weighted by atomic mass is 10.1. The summed E-state index contributed by atoms with van der Waals surface area (Å²) in [5, 5.41) is 18.9. The van der Waals surface area contributed by atoms with Gasteiger partial charge in [-0.2, -0.15) is 0 Å². The standard InChI is InChI=1S/C8H6I2O3/c1-3(11)4-2-5(9)8(13)6(10)7(4)12/h2,12-13H,1H3. The van der Waals surface area contributed by atoms with E-state index in [4.69, 9.17) is 0 Å². The van der Waals surface area contributed by atoms with E-state index >= 15 is 0 Å². The molecule has 0 aliphatic heterocycles. The first-order valence-corrected chi connectivity index (χ1v) is 5.51. The molecule has 0 spiro atoms. The lowest BCUT2D eigenvalue weighted by Crippen LogP contribution is -1.96. The molecule has 0 aliphatic carbocycles. The third kappa shape index (κ3) is 2.06. The summed E-state index contributed by atoms with van der Waals surface area (Å²) in [4.78, 5) is 11.0. The molecule has 0 fully saturated rings. The Morgan fingerprint density at radius 2 is 1.85 bits per heavy atom. The first-order valence-electron chi connectivity index (χ1n) is 3.36. The van der Waals surface area contributed by atoms with E-state index in [9.17, 15) is 15.0 Å².